The van der Waals surface area contributed by atoms with Crippen LogP contribution in [0.1, 0.15) is 33.3 Å². The van der Waals surface area contributed by atoms with Crippen molar-refractivity contribution in [3.63, 3.8) is 0 Å². The van der Waals surface area contributed by atoms with Gasteiger partial charge in [0, 0.05) is 11.8 Å². The van der Waals surface area contributed by atoms with Gasteiger partial charge >= 0.3 is 0 Å². The van der Waals surface area contributed by atoms with Gasteiger partial charge in [-0.15, -0.1) is 0 Å². The van der Waals surface area contributed by atoms with E-state index in [1.807, 2.05) is 31.2 Å². The molecule has 3 heteroatoms. The lowest BCUT2D eigenvalue weighted by atomic mass is 9.86. The third kappa shape index (κ3) is 3.99. The number of ketones is 2. The van der Waals surface area contributed by atoms with Gasteiger partial charge in [-0.2, -0.15) is 0 Å². The average molecular weight is 248 g/mol. The summed E-state index contributed by atoms with van der Waals surface area (Å²) < 4.78 is 5.32. The van der Waals surface area contributed by atoms with E-state index in [2.05, 4.69) is 0 Å². The number of ether oxygens (including phenoxy) is 1. The second kappa shape index (κ2) is 5.80. The number of rotatable bonds is 5. The molecule has 1 aromatic carbocycles. The minimum atomic E-state index is -0.609. The highest BCUT2D eigenvalue weighted by atomic mass is 16.5. The van der Waals surface area contributed by atoms with Crippen molar-refractivity contribution >= 4 is 11.6 Å². The third-order valence-electron chi connectivity index (χ3n) is 2.53. The van der Waals surface area contributed by atoms with Gasteiger partial charge < -0.3 is 4.74 Å². The Labute approximate surface area is 108 Å². The molecule has 0 amide bonds. The third-order valence-corrected chi connectivity index (χ3v) is 2.53. The van der Waals surface area contributed by atoms with Crippen molar-refractivity contribution < 1.29 is 14.3 Å². The molecule has 0 bridgehead atoms. The first kappa shape index (κ1) is 14.4. The van der Waals surface area contributed by atoms with E-state index in [0.717, 1.165) is 11.3 Å². The van der Waals surface area contributed by atoms with Crippen molar-refractivity contribution in [1.29, 1.82) is 0 Å². The van der Waals surface area contributed by atoms with Gasteiger partial charge in [-0.3, -0.25) is 9.59 Å². The van der Waals surface area contributed by atoms with Crippen molar-refractivity contribution in [2.75, 3.05) is 6.61 Å². The van der Waals surface area contributed by atoms with Crippen molar-refractivity contribution in [3.8, 4) is 5.75 Å². The molecule has 0 aliphatic rings. The molecule has 0 spiro atoms. The Morgan fingerprint density at radius 2 is 1.67 bits per heavy atom. The van der Waals surface area contributed by atoms with Crippen LogP contribution in [-0.4, -0.2) is 18.2 Å². The molecule has 3 nitrogen and oxygen atoms in total. The Morgan fingerprint density at radius 1 is 1.11 bits per heavy atom. The zero-order valence-corrected chi connectivity index (χ0v) is 11.4. The summed E-state index contributed by atoms with van der Waals surface area (Å²) >= 11 is 0. The van der Waals surface area contributed by atoms with Gasteiger partial charge in [-0.25, -0.2) is 0 Å². The molecule has 1 rings (SSSR count). The van der Waals surface area contributed by atoms with E-state index in [1.54, 1.807) is 20.8 Å². The fourth-order valence-corrected chi connectivity index (χ4v) is 1.55. The minimum absolute atomic E-state index is 0.155. The molecule has 98 valence electrons. The van der Waals surface area contributed by atoms with E-state index in [0.29, 0.717) is 6.61 Å². The fraction of sp³-hybridized carbons (Fsp3) is 0.467. The molecular formula is C15H20O3. The van der Waals surface area contributed by atoms with Crippen LogP contribution in [0.5, 0.6) is 5.75 Å². The van der Waals surface area contributed by atoms with Gasteiger partial charge in [0.2, 0.25) is 11.6 Å². The summed E-state index contributed by atoms with van der Waals surface area (Å²) in [6, 6.07) is 7.26. The highest BCUT2D eigenvalue weighted by molar-refractivity contribution is 6.39. The lowest BCUT2D eigenvalue weighted by Gasteiger charge is -2.15. The molecule has 0 radical (unpaired) electrons. The highest BCUT2D eigenvalue weighted by Gasteiger charge is 2.27. The predicted molar refractivity (Wildman–Crippen MR) is 70.8 cm³/mol. The van der Waals surface area contributed by atoms with Gasteiger partial charge in [0.05, 0.1) is 6.61 Å². The Balaban J connectivity index is 2.68. The van der Waals surface area contributed by atoms with Crippen LogP contribution in [0.15, 0.2) is 24.3 Å². The number of hydrogen-bond donors (Lipinski definition) is 0. The molecular weight excluding hydrogens is 228 g/mol. The van der Waals surface area contributed by atoms with E-state index in [-0.39, 0.29) is 18.0 Å². The van der Waals surface area contributed by atoms with E-state index in [4.69, 9.17) is 4.74 Å². The molecule has 0 aromatic heterocycles. The number of benzene rings is 1. The smallest absolute Gasteiger partial charge is 0.204 e. The Hall–Kier alpha value is -1.64. The standard InChI is InChI=1S/C15H20O3/c1-5-18-12-8-6-11(7-9-12)10-13(16)14(17)15(2,3)4/h6-9H,5,10H2,1-4H3. The first-order valence-electron chi connectivity index (χ1n) is 6.14. The van der Waals surface area contributed by atoms with Crippen LogP contribution in [0.2, 0.25) is 0 Å². The SMILES string of the molecule is CCOc1ccc(CC(=O)C(=O)C(C)(C)C)cc1. The summed E-state index contributed by atoms with van der Waals surface area (Å²) in [7, 11) is 0. The maximum absolute atomic E-state index is 11.8. The summed E-state index contributed by atoms with van der Waals surface area (Å²) in [5.74, 6) is 0.110. The first-order chi connectivity index (χ1) is 8.34. The minimum Gasteiger partial charge on any atom is -0.494 e. The molecule has 18 heavy (non-hydrogen) atoms. The lowest BCUT2D eigenvalue weighted by molar-refractivity contribution is -0.140. The monoisotopic (exact) mass is 248 g/mol. The van der Waals surface area contributed by atoms with E-state index >= 15 is 0 Å². The number of carbonyl (C=O) groups excluding carboxylic acids is 2. The normalized spacial score (nSPS) is 11.1. The molecule has 0 saturated carbocycles. The topological polar surface area (TPSA) is 43.4 Å². The summed E-state index contributed by atoms with van der Waals surface area (Å²) in [5.41, 5.74) is 0.226. The predicted octanol–water partition coefficient (Wildman–Crippen LogP) is 2.81. The maximum Gasteiger partial charge on any atom is 0.204 e. The zero-order valence-electron chi connectivity index (χ0n) is 11.4. The van der Waals surface area contributed by atoms with Crippen LogP contribution in [-0.2, 0) is 16.0 Å². The molecule has 1 aromatic rings. The van der Waals surface area contributed by atoms with Crippen LogP contribution >= 0.6 is 0 Å². The summed E-state index contributed by atoms with van der Waals surface area (Å²) in [4.78, 5) is 23.6. The average Bonchev–Trinajstić information content (AvgIpc) is 2.30. The summed E-state index contributed by atoms with van der Waals surface area (Å²) in [5, 5.41) is 0. The Bertz CT molecular complexity index is 424. The van der Waals surface area contributed by atoms with Gasteiger partial charge in [0.15, 0.2) is 0 Å². The lowest BCUT2D eigenvalue weighted by Crippen LogP contribution is -2.29. The fourth-order valence-electron chi connectivity index (χ4n) is 1.55. The Kier molecular flexibility index (Phi) is 4.65. The number of hydrogen-bond acceptors (Lipinski definition) is 3. The van der Waals surface area contributed by atoms with Crippen LogP contribution < -0.4 is 4.74 Å². The van der Waals surface area contributed by atoms with Gasteiger partial charge in [-0.1, -0.05) is 32.9 Å². The van der Waals surface area contributed by atoms with Gasteiger partial charge in [0.1, 0.15) is 5.75 Å². The van der Waals surface area contributed by atoms with Crippen molar-refractivity contribution in [2.45, 2.75) is 34.1 Å². The van der Waals surface area contributed by atoms with Crippen LogP contribution in [0.4, 0.5) is 0 Å². The van der Waals surface area contributed by atoms with E-state index in [1.165, 1.54) is 0 Å². The summed E-state index contributed by atoms with van der Waals surface area (Å²) in [6.07, 6.45) is 0.155. The molecule has 0 fully saturated rings. The second-order valence-electron chi connectivity index (χ2n) is 5.26. The van der Waals surface area contributed by atoms with Gasteiger partial charge in [0.25, 0.3) is 0 Å². The van der Waals surface area contributed by atoms with Crippen LogP contribution in [0.3, 0.4) is 0 Å². The van der Waals surface area contributed by atoms with Crippen molar-refractivity contribution in [2.24, 2.45) is 5.41 Å². The first-order valence-corrected chi connectivity index (χ1v) is 6.14. The second-order valence-corrected chi connectivity index (χ2v) is 5.26. The largest absolute Gasteiger partial charge is 0.494 e. The molecule has 0 aliphatic carbocycles. The van der Waals surface area contributed by atoms with Crippen LogP contribution in [0, 0.1) is 5.41 Å². The van der Waals surface area contributed by atoms with E-state index in [9.17, 15) is 9.59 Å². The number of Topliss-reactive ketones (excluding diaryl/α,β-unsaturated/α-hetero) is 2. The maximum atomic E-state index is 11.8. The van der Waals surface area contributed by atoms with Gasteiger partial charge in [-0.05, 0) is 24.6 Å². The molecule has 0 aliphatic heterocycles. The van der Waals surface area contributed by atoms with Crippen LogP contribution in [0.25, 0.3) is 0 Å². The molecule has 0 heterocycles. The Morgan fingerprint density at radius 3 is 2.11 bits per heavy atom. The molecule has 0 atom stereocenters. The van der Waals surface area contributed by atoms with E-state index < -0.39 is 5.41 Å². The van der Waals surface area contributed by atoms with Crippen molar-refractivity contribution in [1.82, 2.24) is 0 Å². The quantitative estimate of drug-likeness (QED) is 0.752. The zero-order chi connectivity index (χ0) is 13.8. The summed E-state index contributed by atoms with van der Waals surface area (Å²) in [6.45, 7) is 7.79. The molecule has 0 unspecified atom stereocenters. The van der Waals surface area contributed by atoms with Crippen molar-refractivity contribution in [3.05, 3.63) is 29.8 Å². The highest BCUT2D eigenvalue weighted by Crippen LogP contribution is 2.17. The molecule has 0 N–H and O–H groups in total. The molecule has 0 saturated heterocycles. The number of carbonyl (C=O) groups is 2.